The lowest BCUT2D eigenvalue weighted by Crippen LogP contribution is -2.09. The first kappa shape index (κ1) is 20.3. The van der Waals surface area contributed by atoms with E-state index in [9.17, 15) is 23.3 Å². The van der Waals surface area contributed by atoms with Gasteiger partial charge in [-0.2, -0.15) is 13.2 Å². The molecule has 1 aromatic carbocycles. The molecule has 12 heteroatoms. The molecular formula is C17H12ClF3N6O2. The lowest BCUT2D eigenvalue weighted by Gasteiger charge is -2.13. The van der Waals surface area contributed by atoms with Crippen molar-refractivity contribution in [3.63, 3.8) is 0 Å². The van der Waals surface area contributed by atoms with Crippen LogP contribution in [0.4, 0.5) is 36.2 Å². The lowest BCUT2D eigenvalue weighted by molar-refractivity contribution is -0.383. The van der Waals surface area contributed by atoms with Gasteiger partial charge in [0.15, 0.2) is 0 Å². The molecule has 0 aliphatic carbocycles. The van der Waals surface area contributed by atoms with Gasteiger partial charge in [0.2, 0.25) is 11.6 Å². The first-order valence-electron chi connectivity index (χ1n) is 8.01. The second-order valence-electron chi connectivity index (χ2n) is 5.71. The molecule has 0 amide bonds. The van der Waals surface area contributed by atoms with Crippen LogP contribution in [0.15, 0.2) is 49.1 Å². The van der Waals surface area contributed by atoms with E-state index in [1.54, 1.807) is 24.5 Å². The van der Waals surface area contributed by atoms with Crippen LogP contribution in [0, 0.1) is 10.1 Å². The molecule has 0 aliphatic rings. The number of nitrogens with one attached hydrogen (secondary N) is 2. The van der Waals surface area contributed by atoms with Crippen LogP contribution in [0.25, 0.3) is 0 Å². The highest BCUT2D eigenvalue weighted by Crippen LogP contribution is 2.38. The highest BCUT2D eigenvalue weighted by molar-refractivity contribution is 6.31. The molecule has 0 bridgehead atoms. The van der Waals surface area contributed by atoms with Crippen LogP contribution in [0.1, 0.15) is 11.1 Å². The second kappa shape index (κ2) is 8.27. The van der Waals surface area contributed by atoms with Gasteiger partial charge in [0.05, 0.1) is 15.5 Å². The SMILES string of the molecule is O=[N+]([O-])c1c(NCc2cccnc2)ncnc1Nc1ccc(Cl)c(C(F)(F)F)c1. The van der Waals surface area contributed by atoms with E-state index in [1.165, 1.54) is 6.07 Å². The van der Waals surface area contributed by atoms with Gasteiger partial charge in [-0.1, -0.05) is 17.7 Å². The van der Waals surface area contributed by atoms with Gasteiger partial charge < -0.3 is 10.6 Å². The van der Waals surface area contributed by atoms with Crippen molar-refractivity contribution >= 4 is 34.6 Å². The lowest BCUT2D eigenvalue weighted by atomic mass is 10.2. The largest absolute Gasteiger partial charge is 0.417 e. The third-order valence-electron chi connectivity index (χ3n) is 3.72. The minimum atomic E-state index is -4.68. The van der Waals surface area contributed by atoms with Crippen molar-refractivity contribution in [3.05, 3.63) is 75.3 Å². The monoisotopic (exact) mass is 424 g/mol. The number of anilines is 3. The highest BCUT2D eigenvalue weighted by Gasteiger charge is 2.33. The summed E-state index contributed by atoms with van der Waals surface area (Å²) in [7, 11) is 0. The predicted molar refractivity (Wildman–Crippen MR) is 100.0 cm³/mol. The smallest absolute Gasteiger partial charge is 0.360 e. The third kappa shape index (κ3) is 4.88. The summed E-state index contributed by atoms with van der Waals surface area (Å²) in [5, 5.41) is 16.4. The van der Waals surface area contributed by atoms with E-state index in [0.717, 1.165) is 24.0 Å². The molecule has 0 saturated carbocycles. The number of halogens is 4. The molecule has 0 fully saturated rings. The van der Waals surface area contributed by atoms with E-state index in [0.29, 0.717) is 0 Å². The Hall–Kier alpha value is -3.47. The van der Waals surface area contributed by atoms with Crippen molar-refractivity contribution in [2.24, 2.45) is 0 Å². The molecule has 29 heavy (non-hydrogen) atoms. The van der Waals surface area contributed by atoms with E-state index >= 15 is 0 Å². The molecule has 0 saturated heterocycles. The standard InChI is InChI=1S/C17H12ClF3N6O2/c18-13-4-3-11(6-12(13)17(19,20)21)26-16-14(27(28)29)15(24-9-25-16)23-8-10-2-1-5-22-7-10/h1-7,9H,8H2,(H2,23,24,25,26). The Morgan fingerprint density at radius 1 is 1.17 bits per heavy atom. The summed E-state index contributed by atoms with van der Waals surface area (Å²) < 4.78 is 39.1. The van der Waals surface area contributed by atoms with Gasteiger partial charge in [0, 0.05) is 24.6 Å². The van der Waals surface area contributed by atoms with E-state index < -0.39 is 27.4 Å². The number of pyridine rings is 1. The average molecular weight is 425 g/mol. The van der Waals surface area contributed by atoms with Gasteiger partial charge in [-0.15, -0.1) is 0 Å². The normalized spacial score (nSPS) is 11.2. The van der Waals surface area contributed by atoms with Crippen molar-refractivity contribution in [1.82, 2.24) is 15.0 Å². The molecule has 3 rings (SSSR count). The molecule has 150 valence electrons. The summed E-state index contributed by atoms with van der Waals surface area (Å²) in [5.74, 6) is -0.365. The zero-order chi connectivity index (χ0) is 21.0. The molecule has 0 unspecified atom stereocenters. The molecule has 0 spiro atoms. The van der Waals surface area contributed by atoms with Crippen molar-refractivity contribution in [3.8, 4) is 0 Å². The maximum absolute atomic E-state index is 13.0. The Morgan fingerprint density at radius 3 is 2.59 bits per heavy atom. The molecule has 8 nitrogen and oxygen atoms in total. The molecule has 0 aliphatic heterocycles. The van der Waals surface area contributed by atoms with Crippen LogP contribution in [0.3, 0.4) is 0 Å². The Labute approximate surface area is 166 Å². The maximum atomic E-state index is 13.0. The highest BCUT2D eigenvalue weighted by atomic mass is 35.5. The molecule has 2 N–H and O–H groups in total. The quantitative estimate of drug-likeness (QED) is 0.432. The summed E-state index contributed by atoms with van der Waals surface area (Å²) in [6.07, 6.45) is -0.462. The van der Waals surface area contributed by atoms with Gasteiger partial charge in [-0.3, -0.25) is 15.1 Å². The van der Waals surface area contributed by atoms with Gasteiger partial charge in [-0.25, -0.2) is 9.97 Å². The van der Waals surface area contributed by atoms with Crippen molar-refractivity contribution in [1.29, 1.82) is 0 Å². The number of rotatable bonds is 6. The fourth-order valence-corrected chi connectivity index (χ4v) is 2.64. The number of hydrogen-bond donors (Lipinski definition) is 2. The summed E-state index contributed by atoms with van der Waals surface area (Å²) >= 11 is 5.59. The number of benzene rings is 1. The minimum Gasteiger partial charge on any atom is -0.360 e. The van der Waals surface area contributed by atoms with Gasteiger partial charge in [0.25, 0.3) is 0 Å². The Morgan fingerprint density at radius 2 is 1.93 bits per heavy atom. The van der Waals surface area contributed by atoms with E-state index in [1.807, 2.05) is 0 Å². The van der Waals surface area contributed by atoms with Crippen LogP contribution in [-0.2, 0) is 12.7 Å². The van der Waals surface area contributed by atoms with Crippen LogP contribution in [0.2, 0.25) is 5.02 Å². The molecule has 0 atom stereocenters. The van der Waals surface area contributed by atoms with Crippen molar-refractivity contribution < 1.29 is 18.1 Å². The van der Waals surface area contributed by atoms with Gasteiger partial charge >= 0.3 is 11.9 Å². The Balaban J connectivity index is 1.91. The van der Waals surface area contributed by atoms with Crippen molar-refractivity contribution in [2.75, 3.05) is 10.6 Å². The van der Waals surface area contributed by atoms with E-state index in [4.69, 9.17) is 11.6 Å². The van der Waals surface area contributed by atoms with Crippen LogP contribution >= 0.6 is 11.6 Å². The zero-order valence-electron chi connectivity index (χ0n) is 14.4. The first-order valence-corrected chi connectivity index (χ1v) is 8.39. The van der Waals surface area contributed by atoms with Crippen LogP contribution in [0.5, 0.6) is 0 Å². The molecule has 0 radical (unpaired) electrons. The summed E-state index contributed by atoms with van der Waals surface area (Å²) in [6, 6.07) is 6.51. The number of alkyl halides is 3. The summed E-state index contributed by atoms with van der Waals surface area (Å²) in [6.45, 7) is 0.199. The predicted octanol–water partition coefficient (Wildman–Crippen LogP) is 4.81. The van der Waals surface area contributed by atoms with Gasteiger partial charge in [-0.05, 0) is 29.8 Å². The second-order valence-corrected chi connectivity index (χ2v) is 6.12. The minimum absolute atomic E-state index is 0.0678. The van der Waals surface area contributed by atoms with E-state index in [-0.39, 0.29) is 23.9 Å². The summed E-state index contributed by atoms with van der Waals surface area (Å²) in [4.78, 5) is 22.4. The molecule has 2 heterocycles. The number of aromatic nitrogens is 3. The Bertz CT molecular complexity index is 1030. The molecule has 3 aromatic rings. The topological polar surface area (TPSA) is 106 Å². The number of nitro groups is 1. The fraction of sp³-hybridized carbons (Fsp3) is 0.118. The van der Waals surface area contributed by atoms with Crippen LogP contribution < -0.4 is 10.6 Å². The molecule has 2 aromatic heterocycles. The third-order valence-corrected chi connectivity index (χ3v) is 4.05. The zero-order valence-corrected chi connectivity index (χ0v) is 15.2. The average Bonchev–Trinajstić information content (AvgIpc) is 2.67. The van der Waals surface area contributed by atoms with Crippen LogP contribution in [-0.4, -0.2) is 19.9 Å². The summed E-state index contributed by atoms with van der Waals surface area (Å²) in [5.41, 5.74) is -0.903. The van der Waals surface area contributed by atoms with Crippen molar-refractivity contribution in [2.45, 2.75) is 12.7 Å². The first-order chi connectivity index (χ1) is 13.8. The van der Waals surface area contributed by atoms with Gasteiger partial charge in [0.1, 0.15) is 6.33 Å². The number of hydrogen-bond acceptors (Lipinski definition) is 7. The Kier molecular flexibility index (Phi) is 5.78. The fourth-order valence-electron chi connectivity index (χ4n) is 2.42. The number of nitrogens with zero attached hydrogens (tertiary/aromatic N) is 4. The van der Waals surface area contributed by atoms with E-state index in [2.05, 4.69) is 25.6 Å². The maximum Gasteiger partial charge on any atom is 0.417 e. The molecular weight excluding hydrogens is 413 g/mol.